The Hall–Kier alpha value is -1.62. The molecule has 0 spiro atoms. The zero-order valence-electron chi connectivity index (χ0n) is 10.7. The van der Waals surface area contributed by atoms with E-state index < -0.39 is 11.9 Å². The van der Waals surface area contributed by atoms with Gasteiger partial charge in [-0.05, 0) is 18.6 Å². The number of carbonyl (C=O) groups is 1. The van der Waals surface area contributed by atoms with E-state index in [0.717, 1.165) is 0 Å². The van der Waals surface area contributed by atoms with Crippen LogP contribution in [0.4, 0.5) is 4.39 Å². The molecule has 1 aromatic carbocycles. The smallest absolute Gasteiger partial charge is 0.239 e. The van der Waals surface area contributed by atoms with Gasteiger partial charge in [0.05, 0.1) is 12.6 Å². The van der Waals surface area contributed by atoms with Crippen LogP contribution in [-0.2, 0) is 4.79 Å². The van der Waals surface area contributed by atoms with E-state index in [2.05, 4.69) is 0 Å². The standard InChI is InChI=1S/C13H19FN2O2/c1-3-11(15)13(17)16(2)8-9-18-12-7-5-4-6-10(12)14/h4-7,11H,3,8-9,15H2,1-2H3/t11-/m1/s1. The van der Waals surface area contributed by atoms with Gasteiger partial charge in [0.1, 0.15) is 6.61 Å². The number of para-hydroxylation sites is 1. The number of halogens is 1. The second kappa shape index (κ2) is 6.96. The molecule has 1 aromatic rings. The molecule has 0 unspecified atom stereocenters. The first kappa shape index (κ1) is 14.4. The van der Waals surface area contributed by atoms with Crippen molar-refractivity contribution in [1.82, 2.24) is 4.90 Å². The summed E-state index contributed by atoms with van der Waals surface area (Å²) < 4.78 is 18.5. The van der Waals surface area contributed by atoms with Crippen molar-refractivity contribution >= 4 is 5.91 Å². The molecule has 0 aliphatic heterocycles. The van der Waals surface area contributed by atoms with E-state index in [0.29, 0.717) is 13.0 Å². The highest BCUT2D eigenvalue weighted by Crippen LogP contribution is 2.14. The topological polar surface area (TPSA) is 55.6 Å². The van der Waals surface area contributed by atoms with Gasteiger partial charge >= 0.3 is 0 Å². The lowest BCUT2D eigenvalue weighted by atomic mass is 10.2. The van der Waals surface area contributed by atoms with Gasteiger partial charge in [-0.25, -0.2) is 4.39 Å². The Balaban J connectivity index is 2.38. The number of likely N-dealkylation sites (N-methyl/N-ethyl adjacent to an activating group) is 1. The molecular weight excluding hydrogens is 235 g/mol. The van der Waals surface area contributed by atoms with E-state index in [1.165, 1.54) is 11.0 Å². The molecule has 100 valence electrons. The van der Waals surface area contributed by atoms with Crippen molar-refractivity contribution in [3.63, 3.8) is 0 Å². The molecule has 1 amide bonds. The summed E-state index contributed by atoms with van der Waals surface area (Å²) in [5.74, 6) is -0.343. The molecular formula is C13H19FN2O2. The van der Waals surface area contributed by atoms with Crippen LogP contribution in [0.3, 0.4) is 0 Å². The highest BCUT2D eigenvalue weighted by Gasteiger charge is 2.15. The van der Waals surface area contributed by atoms with Crippen LogP contribution in [0, 0.1) is 5.82 Å². The number of benzene rings is 1. The Bertz CT molecular complexity index is 398. The van der Waals surface area contributed by atoms with Crippen molar-refractivity contribution in [2.75, 3.05) is 20.2 Å². The minimum absolute atomic E-state index is 0.130. The number of nitrogens with two attached hydrogens (primary N) is 1. The predicted molar refractivity (Wildman–Crippen MR) is 67.8 cm³/mol. The SMILES string of the molecule is CC[C@@H](N)C(=O)N(C)CCOc1ccccc1F. The summed E-state index contributed by atoms with van der Waals surface area (Å²) in [5.41, 5.74) is 5.63. The summed E-state index contributed by atoms with van der Waals surface area (Å²) in [6.07, 6.45) is 0.595. The number of hydrogen-bond donors (Lipinski definition) is 1. The van der Waals surface area contributed by atoms with Crippen LogP contribution in [0.1, 0.15) is 13.3 Å². The molecule has 0 aliphatic carbocycles. The fourth-order valence-corrected chi connectivity index (χ4v) is 1.42. The molecule has 0 saturated heterocycles. The number of ether oxygens (including phenoxy) is 1. The molecule has 1 rings (SSSR count). The molecule has 0 saturated carbocycles. The first-order chi connectivity index (χ1) is 8.56. The Labute approximate surface area is 107 Å². The molecule has 5 heteroatoms. The van der Waals surface area contributed by atoms with E-state index in [9.17, 15) is 9.18 Å². The normalized spacial score (nSPS) is 12.0. The Morgan fingerprint density at radius 1 is 1.50 bits per heavy atom. The zero-order chi connectivity index (χ0) is 13.5. The zero-order valence-corrected chi connectivity index (χ0v) is 10.7. The lowest BCUT2D eigenvalue weighted by molar-refractivity contribution is -0.131. The molecule has 0 fully saturated rings. The van der Waals surface area contributed by atoms with Crippen molar-refractivity contribution in [2.45, 2.75) is 19.4 Å². The summed E-state index contributed by atoms with van der Waals surface area (Å²) >= 11 is 0. The van der Waals surface area contributed by atoms with Gasteiger partial charge in [-0.3, -0.25) is 4.79 Å². The Kier molecular flexibility index (Phi) is 5.58. The van der Waals surface area contributed by atoms with Crippen LogP contribution in [0.15, 0.2) is 24.3 Å². The largest absolute Gasteiger partial charge is 0.489 e. The number of amides is 1. The molecule has 2 N–H and O–H groups in total. The molecule has 18 heavy (non-hydrogen) atoms. The predicted octanol–water partition coefficient (Wildman–Crippen LogP) is 1.40. The lowest BCUT2D eigenvalue weighted by Gasteiger charge is -2.20. The number of hydrogen-bond acceptors (Lipinski definition) is 3. The third-order valence-corrected chi connectivity index (χ3v) is 2.65. The monoisotopic (exact) mass is 254 g/mol. The van der Waals surface area contributed by atoms with Gasteiger partial charge in [-0.2, -0.15) is 0 Å². The molecule has 1 atom stereocenters. The second-order valence-electron chi connectivity index (χ2n) is 4.05. The van der Waals surface area contributed by atoms with Crippen LogP contribution >= 0.6 is 0 Å². The average Bonchev–Trinajstić information content (AvgIpc) is 2.39. The summed E-state index contributed by atoms with van der Waals surface area (Å²) in [4.78, 5) is 13.1. The van der Waals surface area contributed by atoms with Crippen LogP contribution < -0.4 is 10.5 Å². The Morgan fingerprint density at radius 3 is 2.78 bits per heavy atom. The maximum absolute atomic E-state index is 13.2. The van der Waals surface area contributed by atoms with Gasteiger partial charge in [-0.1, -0.05) is 19.1 Å². The number of carbonyl (C=O) groups excluding carboxylic acids is 1. The van der Waals surface area contributed by atoms with Crippen molar-refractivity contribution in [3.8, 4) is 5.75 Å². The molecule has 0 aromatic heterocycles. The van der Waals surface area contributed by atoms with Crippen LogP contribution in [0.2, 0.25) is 0 Å². The average molecular weight is 254 g/mol. The minimum atomic E-state index is -0.483. The summed E-state index contributed by atoms with van der Waals surface area (Å²) in [7, 11) is 1.66. The van der Waals surface area contributed by atoms with Crippen LogP contribution in [0.5, 0.6) is 5.75 Å². The first-order valence-electron chi connectivity index (χ1n) is 5.94. The van der Waals surface area contributed by atoms with E-state index in [-0.39, 0.29) is 18.3 Å². The summed E-state index contributed by atoms with van der Waals surface area (Å²) in [6.45, 7) is 2.47. The van der Waals surface area contributed by atoms with Gasteiger partial charge in [0.15, 0.2) is 11.6 Å². The number of nitrogens with zero attached hydrogens (tertiary/aromatic N) is 1. The maximum Gasteiger partial charge on any atom is 0.239 e. The van der Waals surface area contributed by atoms with Gasteiger partial charge < -0.3 is 15.4 Å². The fourth-order valence-electron chi connectivity index (χ4n) is 1.42. The highest BCUT2D eigenvalue weighted by atomic mass is 19.1. The quantitative estimate of drug-likeness (QED) is 0.835. The summed E-state index contributed by atoms with van der Waals surface area (Å²) in [6, 6.07) is 5.69. The van der Waals surface area contributed by atoms with E-state index in [1.54, 1.807) is 25.2 Å². The van der Waals surface area contributed by atoms with Gasteiger partial charge in [-0.15, -0.1) is 0 Å². The molecule has 4 nitrogen and oxygen atoms in total. The lowest BCUT2D eigenvalue weighted by Crippen LogP contribution is -2.42. The van der Waals surface area contributed by atoms with Crippen molar-refractivity contribution < 1.29 is 13.9 Å². The minimum Gasteiger partial charge on any atom is -0.489 e. The number of rotatable bonds is 6. The van der Waals surface area contributed by atoms with Gasteiger partial charge in [0, 0.05) is 7.05 Å². The van der Waals surface area contributed by atoms with E-state index in [1.807, 2.05) is 6.92 Å². The fraction of sp³-hybridized carbons (Fsp3) is 0.462. The third kappa shape index (κ3) is 4.00. The summed E-state index contributed by atoms with van der Waals surface area (Å²) in [5, 5.41) is 0. The molecule has 0 radical (unpaired) electrons. The van der Waals surface area contributed by atoms with Gasteiger partial charge in [0.25, 0.3) is 0 Å². The van der Waals surface area contributed by atoms with Crippen LogP contribution in [0.25, 0.3) is 0 Å². The highest BCUT2D eigenvalue weighted by molar-refractivity contribution is 5.81. The van der Waals surface area contributed by atoms with Gasteiger partial charge in [0.2, 0.25) is 5.91 Å². The third-order valence-electron chi connectivity index (χ3n) is 2.65. The second-order valence-corrected chi connectivity index (χ2v) is 4.05. The molecule has 0 bridgehead atoms. The molecule has 0 aliphatic rings. The van der Waals surface area contributed by atoms with E-state index >= 15 is 0 Å². The first-order valence-corrected chi connectivity index (χ1v) is 5.94. The Morgan fingerprint density at radius 2 is 2.17 bits per heavy atom. The van der Waals surface area contributed by atoms with Crippen molar-refractivity contribution in [2.24, 2.45) is 5.73 Å². The van der Waals surface area contributed by atoms with Crippen LogP contribution in [-0.4, -0.2) is 37.0 Å². The van der Waals surface area contributed by atoms with E-state index in [4.69, 9.17) is 10.5 Å². The maximum atomic E-state index is 13.2. The molecule has 0 heterocycles. The van der Waals surface area contributed by atoms with Crippen molar-refractivity contribution in [1.29, 1.82) is 0 Å². The van der Waals surface area contributed by atoms with Crippen molar-refractivity contribution in [3.05, 3.63) is 30.1 Å².